The number of morpholine rings is 1. The number of nitroso groups, excluding NO2 is 1. The summed E-state index contributed by atoms with van der Waals surface area (Å²) in [5.41, 5.74) is 4.62. The van der Waals surface area contributed by atoms with Gasteiger partial charge in [-0.1, -0.05) is 35.5 Å². The SMILES string of the molecule is O=NC1CCC(c2ccc(CN3CCOCC3)nc2)c2ccccc21. The molecule has 1 fully saturated rings. The zero-order chi connectivity index (χ0) is 17.1. The van der Waals surface area contributed by atoms with E-state index in [1.165, 1.54) is 11.1 Å². The minimum atomic E-state index is -0.207. The molecule has 1 aliphatic carbocycles. The van der Waals surface area contributed by atoms with Crippen LogP contribution in [0, 0.1) is 4.91 Å². The van der Waals surface area contributed by atoms with Gasteiger partial charge < -0.3 is 4.74 Å². The highest BCUT2D eigenvalue weighted by molar-refractivity contribution is 5.41. The lowest BCUT2D eigenvalue weighted by Crippen LogP contribution is -2.35. The second kappa shape index (κ2) is 7.42. The number of nitrogens with zero attached hydrogens (tertiary/aromatic N) is 3. The molecule has 0 saturated carbocycles. The molecule has 2 aliphatic rings. The normalized spacial score (nSPS) is 23.8. The van der Waals surface area contributed by atoms with E-state index in [1.54, 1.807) is 0 Å². The van der Waals surface area contributed by atoms with Crippen molar-refractivity contribution in [3.8, 4) is 0 Å². The van der Waals surface area contributed by atoms with Gasteiger partial charge in [-0.05, 0) is 35.6 Å². The molecule has 4 rings (SSSR count). The molecule has 5 nitrogen and oxygen atoms in total. The molecule has 0 bridgehead atoms. The van der Waals surface area contributed by atoms with E-state index < -0.39 is 0 Å². The van der Waals surface area contributed by atoms with Crippen molar-refractivity contribution in [2.75, 3.05) is 26.3 Å². The van der Waals surface area contributed by atoms with Crippen LogP contribution >= 0.6 is 0 Å². The standard InChI is InChI=1S/C20H23N3O2/c24-22-20-8-7-17(18-3-1-2-4-19(18)20)15-5-6-16(21-13-15)14-23-9-11-25-12-10-23/h1-6,13,17,20H,7-12,14H2. The number of pyridine rings is 1. The van der Waals surface area contributed by atoms with Crippen LogP contribution in [0.4, 0.5) is 0 Å². The Labute approximate surface area is 148 Å². The van der Waals surface area contributed by atoms with E-state index in [0.29, 0.717) is 5.92 Å². The summed E-state index contributed by atoms with van der Waals surface area (Å²) in [4.78, 5) is 18.2. The van der Waals surface area contributed by atoms with Gasteiger partial charge in [0.05, 0.1) is 18.9 Å². The first-order valence-corrected chi connectivity index (χ1v) is 9.01. The zero-order valence-corrected chi connectivity index (χ0v) is 14.3. The highest BCUT2D eigenvalue weighted by atomic mass is 16.5. The van der Waals surface area contributed by atoms with Crippen LogP contribution in [-0.2, 0) is 11.3 Å². The molecule has 1 aromatic heterocycles. The van der Waals surface area contributed by atoms with Crippen LogP contribution in [0.25, 0.3) is 0 Å². The maximum atomic E-state index is 11.1. The molecule has 0 spiro atoms. The van der Waals surface area contributed by atoms with Gasteiger partial charge in [-0.25, -0.2) is 0 Å². The van der Waals surface area contributed by atoms with Crippen molar-refractivity contribution < 1.29 is 4.74 Å². The topological polar surface area (TPSA) is 54.8 Å². The third-order valence-corrected chi connectivity index (χ3v) is 5.33. The average molecular weight is 337 g/mol. The van der Waals surface area contributed by atoms with Gasteiger partial charge in [0.2, 0.25) is 0 Å². The van der Waals surface area contributed by atoms with Crippen molar-refractivity contribution in [1.82, 2.24) is 9.88 Å². The summed E-state index contributed by atoms with van der Waals surface area (Å²) < 4.78 is 5.40. The first kappa shape index (κ1) is 16.4. The Hall–Kier alpha value is -2.11. The Kier molecular flexibility index (Phi) is 4.85. The highest BCUT2D eigenvalue weighted by Crippen LogP contribution is 2.42. The minimum absolute atomic E-state index is 0.207. The quantitative estimate of drug-likeness (QED) is 0.799. The van der Waals surface area contributed by atoms with Crippen molar-refractivity contribution in [3.63, 3.8) is 0 Å². The smallest absolute Gasteiger partial charge is 0.117 e. The molecule has 1 saturated heterocycles. The monoisotopic (exact) mass is 337 g/mol. The summed E-state index contributed by atoms with van der Waals surface area (Å²) >= 11 is 0. The third-order valence-electron chi connectivity index (χ3n) is 5.33. The number of hydrogen-bond donors (Lipinski definition) is 0. The first-order valence-electron chi connectivity index (χ1n) is 9.01. The van der Waals surface area contributed by atoms with Crippen LogP contribution in [0.15, 0.2) is 47.8 Å². The van der Waals surface area contributed by atoms with Gasteiger partial charge in [0.25, 0.3) is 0 Å². The predicted molar refractivity (Wildman–Crippen MR) is 96.4 cm³/mol. The van der Waals surface area contributed by atoms with E-state index in [2.05, 4.69) is 28.3 Å². The molecule has 2 unspecified atom stereocenters. The number of benzene rings is 1. The van der Waals surface area contributed by atoms with Crippen LogP contribution < -0.4 is 0 Å². The molecule has 2 heterocycles. The van der Waals surface area contributed by atoms with Gasteiger partial charge in [0.1, 0.15) is 6.04 Å². The molecule has 1 aliphatic heterocycles. The Morgan fingerprint density at radius 3 is 2.60 bits per heavy atom. The van der Waals surface area contributed by atoms with E-state index in [1.807, 2.05) is 24.4 Å². The summed E-state index contributed by atoms with van der Waals surface area (Å²) in [6, 6.07) is 12.3. The molecule has 25 heavy (non-hydrogen) atoms. The van der Waals surface area contributed by atoms with E-state index in [4.69, 9.17) is 9.72 Å². The number of rotatable bonds is 4. The molecule has 0 amide bonds. The maximum Gasteiger partial charge on any atom is 0.117 e. The van der Waals surface area contributed by atoms with E-state index in [9.17, 15) is 4.91 Å². The first-order chi connectivity index (χ1) is 12.3. The number of ether oxygens (including phenoxy) is 1. The summed E-state index contributed by atoms with van der Waals surface area (Å²) in [5.74, 6) is 0.305. The fraction of sp³-hybridized carbons (Fsp3) is 0.450. The maximum absolute atomic E-state index is 11.1. The molecule has 130 valence electrons. The molecule has 2 aromatic rings. The Bertz CT molecular complexity index is 726. The van der Waals surface area contributed by atoms with Crippen LogP contribution in [0.3, 0.4) is 0 Å². The van der Waals surface area contributed by atoms with Crippen LogP contribution in [-0.4, -0.2) is 36.2 Å². The van der Waals surface area contributed by atoms with Crippen molar-refractivity contribution in [3.05, 3.63) is 69.9 Å². The Morgan fingerprint density at radius 1 is 1.08 bits per heavy atom. The lowest BCUT2D eigenvalue weighted by atomic mass is 9.77. The second-order valence-electron chi connectivity index (χ2n) is 6.85. The Morgan fingerprint density at radius 2 is 1.88 bits per heavy atom. The summed E-state index contributed by atoms with van der Waals surface area (Å²) in [6.45, 7) is 4.44. The zero-order valence-electron chi connectivity index (χ0n) is 14.3. The van der Waals surface area contributed by atoms with Gasteiger partial charge in [-0.3, -0.25) is 9.88 Å². The number of fused-ring (bicyclic) bond motifs is 1. The van der Waals surface area contributed by atoms with Gasteiger partial charge in [-0.15, -0.1) is 0 Å². The largest absolute Gasteiger partial charge is 0.379 e. The van der Waals surface area contributed by atoms with Crippen LogP contribution in [0.1, 0.15) is 47.2 Å². The van der Waals surface area contributed by atoms with Crippen molar-refractivity contribution >= 4 is 0 Å². The molecule has 1 aromatic carbocycles. The number of hydrogen-bond acceptors (Lipinski definition) is 5. The second-order valence-corrected chi connectivity index (χ2v) is 6.85. The molecule has 0 N–H and O–H groups in total. The van der Waals surface area contributed by atoms with Gasteiger partial charge >= 0.3 is 0 Å². The lowest BCUT2D eigenvalue weighted by molar-refractivity contribution is 0.0336. The molecular weight excluding hydrogens is 314 g/mol. The van der Waals surface area contributed by atoms with Crippen LogP contribution in [0.5, 0.6) is 0 Å². The van der Waals surface area contributed by atoms with Crippen molar-refractivity contribution in [1.29, 1.82) is 0 Å². The van der Waals surface area contributed by atoms with E-state index in [0.717, 1.165) is 56.9 Å². The molecule has 2 atom stereocenters. The molecule has 5 heteroatoms. The summed E-state index contributed by atoms with van der Waals surface area (Å²) in [5, 5.41) is 3.31. The average Bonchev–Trinajstić information content (AvgIpc) is 2.69. The molecular formula is C20H23N3O2. The van der Waals surface area contributed by atoms with Crippen molar-refractivity contribution in [2.45, 2.75) is 31.3 Å². The van der Waals surface area contributed by atoms with Crippen molar-refractivity contribution in [2.24, 2.45) is 5.18 Å². The highest BCUT2D eigenvalue weighted by Gasteiger charge is 2.28. The van der Waals surface area contributed by atoms with Gasteiger partial charge in [0, 0.05) is 31.7 Å². The van der Waals surface area contributed by atoms with Gasteiger partial charge in [-0.2, -0.15) is 4.91 Å². The minimum Gasteiger partial charge on any atom is -0.379 e. The summed E-state index contributed by atoms with van der Waals surface area (Å²) in [6.07, 6.45) is 3.75. The van der Waals surface area contributed by atoms with E-state index >= 15 is 0 Å². The Balaban J connectivity index is 1.53. The van der Waals surface area contributed by atoms with E-state index in [-0.39, 0.29) is 6.04 Å². The van der Waals surface area contributed by atoms with Crippen LogP contribution in [0.2, 0.25) is 0 Å². The molecule has 0 radical (unpaired) electrons. The summed E-state index contributed by atoms with van der Waals surface area (Å²) in [7, 11) is 0. The third kappa shape index (κ3) is 3.48. The lowest BCUT2D eigenvalue weighted by Gasteiger charge is -2.29. The predicted octanol–water partition coefficient (Wildman–Crippen LogP) is 3.65. The fourth-order valence-electron chi connectivity index (χ4n) is 3.95. The van der Waals surface area contributed by atoms with Gasteiger partial charge in [0.15, 0.2) is 0 Å². The number of aromatic nitrogens is 1. The fourth-order valence-corrected chi connectivity index (χ4v) is 3.95.